The summed E-state index contributed by atoms with van der Waals surface area (Å²) in [6.45, 7) is 1.03. The van der Waals surface area contributed by atoms with Gasteiger partial charge in [-0.2, -0.15) is 0 Å². The Balaban J connectivity index is 1.66. The Labute approximate surface area is 108 Å². The first-order valence-corrected chi connectivity index (χ1v) is 6.87. The van der Waals surface area contributed by atoms with E-state index in [4.69, 9.17) is 0 Å². The van der Waals surface area contributed by atoms with Gasteiger partial charge < -0.3 is 5.32 Å². The fourth-order valence-corrected chi connectivity index (χ4v) is 2.68. The number of hydrogen-bond acceptors (Lipinski definition) is 3. The van der Waals surface area contributed by atoms with Crippen LogP contribution in [0.15, 0.2) is 30.5 Å². The Hall–Kier alpha value is -1.64. The summed E-state index contributed by atoms with van der Waals surface area (Å²) in [5.41, 5.74) is 1.92. The number of para-hydroxylation sites is 2. The zero-order chi connectivity index (χ0) is 12.2. The molecule has 0 atom stereocenters. The van der Waals surface area contributed by atoms with Crippen LogP contribution in [-0.2, 0) is 0 Å². The highest BCUT2D eigenvalue weighted by molar-refractivity contribution is 5.75. The molecule has 0 amide bonds. The topological polar surface area (TPSA) is 37.8 Å². The largest absolute Gasteiger partial charge is 0.368 e. The molecule has 3 nitrogen and oxygen atoms in total. The molecule has 1 aliphatic rings. The number of aromatic nitrogens is 2. The molecular weight excluding hydrogens is 222 g/mol. The summed E-state index contributed by atoms with van der Waals surface area (Å²) in [6, 6.07) is 8.00. The van der Waals surface area contributed by atoms with Crippen molar-refractivity contribution >= 4 is 16.9 Å². The molecule has 1 heterocycles. The lowest BCUT2D eigenvalue weighted by Crippen LogP contribution is -2.17. The molecule has 1 aliphatic carbocycles. The average Bonchev–Trinajstić information content (AvgIpc) is 2.46. The number of hydrogen-bond donors (Lipinski definition) is 1. The maximum absolute atomic E-state index is 4.59. The van der Waals surface area contributed by atoms with Crippen molar-refractivity contribution in [3.05, 3.63) is 30.5 Å². The number of nitrogens with one attached hydrogen (secondary N) is 1. The minimum Gasteiger partial charge on any atom is -0.368 e. The van der Waals surface area contributed by atoms with Gasteiger partial charge in [-0.3, -0.25) is 4.98 Å². The van der Waals surface area contributed by atoms with Crippen LogP contribution >= 0.6 is 0 Å². The van der Waals surface area contributed by atoms with Crippen molar-refractivity contribution in [2.24, 2.45) is 5.92 Å². The number of nitrogens with zero attached hydrogens (tertiary/aromatic N) is 2. The fourth-order valence-electron chi connectivity index (χ4n) is 2.68. The summed E-state index contributed by atoms with van der Waals surface area (Å²) in [7, 11) is 0. The van der Waals surface area contributed by atoms with Gasteiger partial charge in [-0.05, 0) is 30.9 Å². The van der Waals surface area contributed by atoms with Gasteiger partial charge in [-0.1, -0.05) is 31.4 Å². The van der Waals surface area contributed by atoms with Gasteiger partial charge in [0.1, 0.15) is 5.82 Å². The Morgan fingerprint density at radius 1 is 1.06 bits per heavy atom. The quantitative estimate of drug-likeness (QED) is 0.891. The summed E-state index contributed by atoms with van der Waals surface area (Å²) in [5.74, 6) is 1.71. The van der Waals surface area contributed by atoms with Crippen LogP contribution < -0.4 is 5.32 Å². The zero-order valence-electron chi connectivity index (χ0n) is 10.6. The number of fused-ring (bicyclic) bond motifs is 1. The SMILES string of the molecule is c1ccc2nc(NCC3CCCCC3)cnc2c1. The molecule has 1 saturated carbocycles. The molecule has 1 N–H and O–H groups in total. The summed E-state index contributed by atoms with van der Waals surface area (Å²) < 4.78 is 0. The van der Waals surface area contributed by atoms with E-state index in [1.165, 1.54) is 32.1 Å². The normalized spacial score (nSPS) is 16.9. The van der Waals surface area contributed by atoms with E-state index >= 15 is 0 Å². The second-order valence-electron chi connectivity index (χ2n) is 5.13. The Bertz CT molecular complexity index is 518. The van der Waals surface area contributed by atoms with E-state index < -0.39 is 0 Å². The highest BCUT2D eigenvalue weighted by atomic mass is 15.0. The van der Waals surface area contributed by atoms with Crippen LogP contribution in [0.1, 0.15) is 32.1 Å². The number of rotatable bonds is 3. The van der Waals surface area contributed by atoms with Crippen molar-refractivity contribution in [3.8, 4) is 0 Å². The lowest BCUT2D eigenvalue weighted by molar-refractivity contribution is 0.373. The molecule has 3 heteroatoms. The van der Waals surface area contributed by atoms with E-state index in [9.17, 15) is 0 Å². The predicted octanol–water partition coefficient (Wildman–Crippen LogP) is 3.62. The second kappa shape index (κ2) is 5.34. The van der Waals surface area contributed by atoms with Gasteiger partial charge in [0.05, 0.1) is 17.2 Å². The smallest absolute Gasteiger partial charge is 0.145 e. The van der Waals surface area contributed by atoms with Crippen LogP contribution in [0.2, 0.25) is 0 Å². The van der Waals surface area contributed by atoms with Crippen molar-refractivity contribution < 1.29 is 0 Å². The van der Waals surface area contributed by atoms with Crippen LogP contribution in [0.3, 0.4) is 0 Å². The third-order valence-electron chi connectivity index (χ3n) is 3.75. The minimum absolute atomic E-state index is 0.812. The third kappa shape index (κ3) is 2.61. The predicted molar refractivity (Wildman–Crippen MR) is 74.6 cm³/mol. The van der Waals surface area contributed by atoms with E-state index in [0.29, 0.717) is 0 Å². The maximum atomic E-state index is 4.59. The lowest BCUT2D eigenvalue weighted by Gasteiger charge is -2.21. The van der Waals surface area contributed by atoms with E-state index in [1.54, 1.807) is 0 Å². The molecule has 0 aliphatic heterocycles. The highest BCUT2D eigenvalue weighted by Gasteiger charge is 2.13. The first kappa shape index (κ1) is 11.5. The summed E-state index contributed by atoms with van der Waals surface area (Å²) in [4.78, 5) is 9.01. The molecule has 0 saturated heterocycles. The standard InChI is InChI=1S/C15H19N3/c1-2-6-12(7-3-1)10-17-15-11-16-13-8-4-5-9-14(13)18-15/h4-5,8-9,11-12H,1-3,6-7,10H2,(H,17,18). The van der Waals surface area contributed by atoms with Crippen LogP contribution in [0.5, 0.6) is 0 Å². The molecule has 0 radical (unpaired) electrons. The van der Waals surface area contributed by atoms with Crippen LogP contribution in [-0.4, -0.2) is 16.5 Å². The first-order valence-electron chi connectivity index (χ1n) is 6.87. The van der Waals surface area contributed by atoms with Gasteiger partial charge in [-0.15, -0.1) is 0 Å². The molecule has 3 rings (SSSR count). The van der Waals surface area contributed by atoms with Crippen LogP contribution in [0, 0.1) is 5.92 Å². The number of anilines is 1. The van der Waals surface area contributed by atoms with Crippen molar-refractivity contribution in [1.29, 1.82) is 0 Å². The lowest BCUT2D eigenvalue weighted by atomic mass is 9.89. The molecule has 0 bridgehead atoms. The van der Waals surface area contributed by atoms with Gasteiger partial charge in [0.2, 0.25) is 0 Å². The Morgan fingerprint density at radius 3 is 2.67 bits per heavy atom. The highest BCUT2D eigenvalue weighted by Crippen LogP contribution is 2.23. The molecule has 18 heavy (non-hydrogen) atoms. The fraction of sp³-hybridized carbons (Fsp3) is 0.467. The van der Waals surface area contributed by atoms with Gasteiger partial charge >= 0.3 is 0 Å². The molecular formula is C15H19N3. The average molecular weight is 241 g/mol. The third-order valence-corrected chi connectivity index (χ3v) is 3.75. The van der Waals surface area contributed by atoms with Gasteiger partial charge in [0.15, 0.2) is 0 Å². The second-order valence-corrected chi connectivity index (χ2v) is 5.13. The summed E-state index contributed by atoms with van der Waals surface area (Å²) in [5, 5.41) is 3.43. The van der Waals surface area contributed by atoms with Gasteiger partial charge in [0.25, 0.3) is 0 Å². The Morgan fingerprint density at radius 2 is 1.83 bits per heavy atom. The summed E-state index contributed by atoms with van der Waals surface area (Å²) >= 11 is 0. The molecule has 0 spiro atoms. The van der Waals surface area contributed by atoms with Crippen LogP contribution in [0.25, 0.3) is 11.0 Å². The zero-order valence-corrected chi connectivity index (χ0v) is 10.6. The molecule has 2 aromatic rings. The van der Waals surface area contributed by atoms with E-state index in [0.717, 1.165) is 29.3 Å². The van der Waals surface area contributed by atoms with Crippen molar-refractivity contribution in [1.82, 2.24) is 9.97 Å². The van der Waals surface area contributed by atoms with E-state index in [2.05, 4.69) is 15.3 Å². The van der Waals surface area contributed by atoms with Crippen molar-refractivity contribution in [2.45, 2.75) is 32.1 Å². The van der Waals surface area contributed by atoms with Gasteiger partial charge in [0, 0.05) is 6.54 Å². The van der Waals surface area contributed by atoms with E-state index in [1.807, 2.05) is 30.5 Å². The van der Waals surface area contributed by atoms with E-state index in [-0.39, 0.29) is 0 Å². The first-order chi connectivity index (χ1) is 8.92. The maximum Gasteiger partial charge on any atom is 0.145 e. The van der Waals surface area contributed by atoms with Gasteiger partial charge in [-0.25, -0.2) is 4.98 Å². The Kier molecular flexibility index (Phi) is 3.40. The van der Waals surface area contributed by atoms with Crippen LogP contribution in [0.4, 0.5) is 5.82 Å². The van der Waals surface area contributed by atoms with Crippen molar-refractivity contribution in [3.63, 3.8) is 0 Å². The monoisotopic (exact) mass is 241 g/mol. The number of benzene rings is 1. The summed E-state index contributed by atoms with van der Waals surface area (Å²) in [6.07, 6.45) is 8.73. The van der Waals surface area contributed by atoms with Crippen molar-refractivity contribution in [2.75, 3.05) is 11.9 Å². The molecule has 0 unspecified atom stereocenters. The molecule has 1 aromatic carbocycles. The molecule has 94 valence electrons. The minimum atomic E-state index is 0.812. The molecule has 1 aromatic heterocycles. The molecule has 1 fully saturated rings.